The first-order valence-corrected chi connectivity index (χ1v) is 14.1. The Bertz CT molecular complexity index is 1040. The summed E-state index contributed by atoms with van der Waals surface area (Å²) in [6.07, 6.45) is 12.2. The van der Waals surface area contributed by atoms with Gasteiger partial charge in [0.2, 0.25) is 0 Å². The molecule has 196 valence electrons. The van der Waals surface area contributed by atoms with Gasteiger partial charge in [-0.1, -0.05) is 110 Å². The van der Waals surface area contributed by atoms with Crippen LogP contribution < -0.4 is 10.6 Å². The Kier molecular flexibility index (Phi) is 13.4. The zero-order valence-electron chi connectivity index (χ0n) is 22.2. The maximum atomic E-state index is 6.22. The van der Waals surface area contributed by atoms with Crippen LogP contribution in [-0.4, -0.2) is 18.2 Å². The molecule has 2 nitrogen and oxygen atoms in total. The summed E-state index contributed by atoms with van der Waals surface area (Å²) in [5.41, 5.74) is 1.84. The molecule has 0 spiro atoms. The number of allylic oxidation sites excluding steroid dienone is 2. The van der Waals surface area contributed by atoms with E-state index in [1.807, 2.05) is 0 Å². The van der Waals surface area contributed by atoms with Crippen molar-refractivity contribution in [2.45, 2.75) is 50.2 Å². The summed E-state index contributed by atoms with van der Waals surface area (Å²) < 4.78 is 6.22. The molecule has 3 atom stereocenters. The maximum absolute atomic E-state index is 6.22. The van der Waals surface area contributed by atoms with Crippen molar-refractivity contribution in [3.63, 3.8) is 0 Å². The molecule has 4 heteroatoms. The molecule has 6 rings (SSSR count). The number of hydrogen-bond donors (Lipinski definition) is 0. The molecule has 0 bridgehead atoms. The van der Waals surface area contributed by atoms with Crippen LogP contribution >= 0.6 is 7.92 Å². The van der Waals surface area contributed by atoms with Gasteiger partial charge < -0.3 is 19.6 Å². The molecule has 2 unspecified atom stereocenters. The molecule has 3 aliphatic rings. The van der Waals surface area contributed by atoms with Gasteiger partial charge in [-0.3, -0.25) is 0 Å². The zero-order valence-corrected chi connectivity index (χ0v) is 24.2. The quantitative estimate of drug-likeness (QED) is 0.136. The van der Waals surface area contributed by atoms with Crippen molar-refractivity contribution in [2.75, 3.05) is 6.61 Å². The molecule has 1 fully saturated rings. The maximum Gasteiger partial charge on any atom is 2.00 e. The van der Waals surface area contributed by atoms with E-state index in [9.17, 15) is 0 Å². The fourth-order valence-electron chi connectivity index (χ4n) is 5.28. The standard InChI is InChI=1S/C26H26NOP.C5H8.2CH3.Fe/c1-4-11-20(12-5-1)24-19-28-26(27-24)23-17-10-18-25(23)29(21-13-6-2-7-14-21)22-15-8-3-9-16-22;1-2-4-5-3-1;;;/h1-9,11-16,23-25H,10,17-19H2;1-2H,3-5H2;2*1H3;/q;;2*-1;+2/t23?,24-,25?;;;;/m1..../s1. The van der Waals surface area contributed by atoms with Gasteiger partial charge in [-0.05, 0) is 61.9 Å². The fraction of sp³-hybridized carbons (Fsp3) is 0.303. The normalized spacial score (nSPS) is 21.4. The van der Waals surface area contributed by atoms with Crippen molar-refractivity contribution in [3.8, 4) is 0 Å². The SMILES string of the molecule is C1=CCCC1.[CH3-].[CH3-].[Fe+2].c1ccc([C@H]2COC(C3CCCC3P(c3ccccc3)c3ccccc3)=N2)cc1. The van der Waals surface area contributed by atoms with Crippen molar-refractivity contribution < 1.29 is 21.8 Å². The summed E-state index contributed by atoms with van der Waals surface area (Å²) in [4.78, 5) is 5.07. The number of hydrogen-bond acceptors (Lipinski definition) is 2. The van der Waals surface area contributed by atoms with Crippen molar-refractivity contribution in [2.24, 2.45) is 10.9 Å². The summed E-state index contributed by atoms with van der Waals surface area (Å²) in [5.74, 6) is 1.43. The monoisotopic (exact) mass is 553 g/mol. The predicted molar refractivity (Wildman–Crippen MR) is 159 cm³/mol. The van der Waals surface area contributed by atoms with Crippen LogP contribution in [0.25, 0.3) is 0 Å². The van der Waals surface area contributed by atoms with Crippen LogP contribution in [0.15, 0.2) is 108 Å². The van der Waals surface area contributed by atoms with E-state index in [2.05, 4.69) is 103 Å². The van der Waals surface area contributed by atoms with Crippen molar-refractivity contribution in [1.82, 2.24) is 0 Å². The van der Waals surface area contributed by atoms with E-state index >= 15 is 0 Å². The van der Waals surface area contributed by atoms with Crippen LogP contribution in [0.1, 0.15) is 50.1 Å². The molecule has 1 saturated carbocycles. The number of aliphatic imine (C=N–C) groups is 1. The van der Waals surface area contributed by atoms with E-state index in [0.717, 1.165) is 5.90 Å². The van der Waals surface area contributed by atoms with Crippen LogP contribution in [0.2, 0.25) is 0 Å². The average Bonchev–Trinajstić information content (AvgIpc) is 3.70. The van der Waals surface area contributed by atoms with E-state index in [1.165, 1.54) is 54.7 Å². The molecule has 0 aromatic heterocycles. The Labute approximate surface area is 236 Å². The third kappa shape index (κ3) is 7.90. The molecule has 0 N–H and O–H groups in total. The summed E-state index contributed by atoms with van der Waals surface area (Å²) in [6, 6.07) is 32.8. The van der Waals surface area contributed by atoms with Crippen LogP contribution in [0.4, 0.5) is 0 Å². The second-order valence-electron chi connectivity index (χ2n) is 9.25. The van der Waals surface area contributed by atoms with Crippen LogP contribution in [0.3, 0.4) is 0 Å². The molecule has 0 amide bonds. The minimum atomic E-state index is -0.437. The Balaban J connectivity index is 0.000000542. The minimum Gasteiger partial charge on any atom is -0.478 e. The van der Waals surface area contributed by atoms with Crippen LogP contribution in [0, 0.1) is 20.8 Å². The summed E-state index contributed by atoms with van der Waals surface area (Å²) in [6.45, 7) is 0.678. The molecular weight excluding hydrogens is 513 g/mol. The topological polar surface area (TPSA) is 21.6 Å². The van der Waals surface area contributed by atoms with Gasteiger partial charge in [0.1, 0.15) is 12.6 Å². The third-order valence-corrected chi connectivity index (χ3v) is 9.95. The van der Waals surface area contributed by atoms with E-state index < -0.39 is 7.92 Å². The summed E-state index contributed by atoms with van der Waals surface area (Å²) >= 11 is 0. The Morgan fingerprint density at radius 3 is 1.73 bits per heavy atom. The third-order valence-electron chi connectivity index (χ3n) is 6.96. The predicted octanol–water partition coefficient (Wildman–Crippen LogP) is 8.08. The molecule has 1 heterocycles. The molecule has 1 aliphatic heterocycles. The Hall–Kier alpha value is -2.18. The number of rotatable bonds is 5. The van der Waals surface area contributed by atoms with Gasteiger partial charge in [-0.25, -0.2) is 4.99 Å². The van der Waals surface area contributed by atoms with E-state index in [1.54, 1.807) is 0 Å². The average molecular weight is 554 g/mol. The van der Waals surface area contributed by atoms with E-state index in [-0.39, 0.29) is 38.0 Å². The van der Waals surface area contributed by atoms with Crippen molar-refractivity contribution in [1.29, 1.82) is 0 Å². The molecule has 2 aliphatic carbocycles. The van der Waals surface area contributed by atoms with E-state index in [0.29, 0.717) is 18.2 Å². The number of nitrogens with zero attached hydrogens (tertiary/aromatic N) is 1. The first kappa shape index (κ1) is 31.0. The van der Waals surface area contributed by atoms with E-state index in [4.69, 9.17) is 9.73 Å². The van der Waals surface area contributed by atoms with Gasteiger partial charge in [0, 0.05) is 5.92 Å². The molecule has 0 saturated heterocycles. The molecule has 3 aromatic rings. The van der Waals surface area contributed by atoms with Crippen molar-refractivity contribution in [3.05, 3.63) is 124 Å². The molecular formula is C33H40FeNOP. The largest absolute Gasteiger partial charge is 2.00 e. The van der Waals surface area contributed by atoms with Crippen molar-refractivity contribution >= 4 is 24.4 Å². The smallest absolute Gasteiger partial charge is 0.478 e. The summed E-state index contributed by atoms with van der Waals surface area (Å²) in [5, 5.41) is 2.92. The first-order valence-electron chi connectivity index (χ1n) is 12.7. The van der Waals surface area contributed by atoms with Gasteiger partial charge in [0.25, 0.3) is 0 Å². The Morgan fingerprint density at radius 1 is 0.676 bits per heavy atom. The number of benzene rings is 3. The zero-order chi connectivity index (χ0) is 23.0. The fourth-order valence-corrected chi connectivity index (χ4v) is 8.41. The molecule has 37 heavy (non-hydrogen) atoms. The summed E-state index contributed by atoms with van der Waals surface area (Å²) in [7, 11) is -0.437. The minimum absolute atomic E-state index is 0. The van der Waals surface area contributed by atoms with Crippen LogP contribution in [-0.2, 0) is 21.8 Å². The van der Waals surface area contributed by atoms with Gasteiger partial charge >= 0.3 is 17.1 Å². The van der Waals surface area contributed by atoms with Gasteiger partial charge in [-0.15, -0.1) is 0 Å². The molecule has 3 aromatic carbocycles. The van der Waals surface area contributed by atoms with Gasteiger partial charge in [0.15, 0.2) is 5.90 Å². The first-order chi connectivity index (χ1) is 16.9. The second kappa shape index (κ2) is 15.9. The van der Waals surface area contributed by atoms with Gasteiger partial charge in [-0.2, -0.15) is 0 Å². The van der Waals surface area contributed by atoms with Gasteiger partial charge in [0.05, 0.1) is 0 Å². The van der Waals surface area contributed by atoms with Crippen LogP contribution in [0.5, 0.6) is 0 Å². The Morgan fingerprint density at radius 2 is 1.22 bits per heavy atom. The molecule has 0 radical (unpaired) electrons. The number of ether oxygens (including phenoxy) is 1. The second-order valence-corrected chi connectivity index (χ2v) is 11.7.